The monoisotopic (exact) mass is 295 g/mol. The summed E-state index contributed by atoms with van der Waals surface area (Å²) in [5.74, 6) is 0.0382. The first-order valence-corrected chi connectivity index (χ1v) is 6.34. The number of amidine groups is 1. The topological polar surface area (TPSA) is 106 Å². The van der Waals surface area contributed by atoms with E-state index in [0.717, 1.165) is 0 Å². The third-order valence-electron chi connectivity index (χ3n) is 3.03. The second-order valence-corrected chi connectivity index (χ2v) is 5.06. The van der Waals surface area contributed by atoms with Crippen molar-refractivity contribution in [2.24, 2.45) is 10.9 Å². The van der Waals surface area contributed by atoms with Crippen LogP contribution in [0.3, 0.4) is 0 Å². The first-order valence-electron chi connectivity index (χ1n) is 6.34. The van der Waals surface area contributed by atoms with E-state index < -0.39 is 5.60 Å². The van der Waals surface area contributed by atoms with Crippen LogP contribution in [0.4, 0.5) is 5.69 Å². The van der Waals surface area contributed by atoms with Gasteiger partial charge in [0, 0.05) is 12.7 Å². The SMILES string of the molecule is COc1cccc(/C(N)=N/O)c1NC(=O)CC(C)(C)OC. The number of nitrogens with two attached hydrogens (primary N) is 1. The van der Waals surface area contributed by atoms with Crippen molar-refractivity contribution in [2.45, 2.75) is 25.9 Å². The van der Waals surface area contributed by atoms with E-state index in [1.54, 1.807) is 32.0 Å². The number of rotatable bonds is 6. The lowest BCUT2D eigenvalue weighted by molar-refractivity contribution is -0.121. The highest BCUT2D eigenvalue weighted by Crippen LogP contribution is 2.29. The minimum absolute atomic E-state index is 0.116. The molecule has 1 rings (SSSR count). The molecule has 0 bridgehead atoms. The largest absolute Gasteiger partial charge is 0.495 e. The summed E-state index contributed by atoms with van der Waals surface area (Å²) in [6.07, 6.45) is 0.150. The third kappa shape index (κ3) is 4.35. The van der Waals surface area contributed by atoms with Gasteiger partial charge in [-0.25, -0.2) is 0 Å². The van der Waals surface area contributed by atoms with E-state index in [1.165, 1.54) is 14.2 Å². The van der Waals surface area contributed by atoms with Gasteiger partial charge in [-0.3, -0.25) is 4.79 Å². The van der Waals surface area contributed by atoms with Crippen molar-refractivity contribution in [2.75, 3.05) is 19.5 Å². The maximum absolute atomic E-state index is 12.1. The maximum Gasteiger partial charge on any atom is 0.227 e. The minimum Gasteiger partial charge on any atom is -0.495 e. The fraction of sp³-hybridized carbons (Fsp3) is 0.429. The maximum atomic E-state index is 12.1. The Morgan fingerprint density at radius 1 is 1.43 bits per heavy atom. The second kappa shape index (κ2) is 6.94. The van der Waals surface area contributed by atoms with E-state index in [9.17, 15) is 4.79 Å². The Morgan fingerprint density at radius 3 is 2.62 bits per heavy atom. The van der Waals surface area contributed by atoms with Gasteiger partial charge in [0.15, 0.2) is 5.84 Å². The van der Waals surface area contributed by atoms with E-state index >= 15 is 0 Å². The molecule has 7 heteroatoms. The summed E-state index contributed by atoms with van der Waals surface area (Å²) < 4.78 is 10.4. The second-order valence-electron chi connectivity index (χ2n) is 5.06. The van der Waals surface area contributed by atoms with Crippen LogP contribution < -0.4 is 15.8 Å². The number of anilines is 1. The average molecular weight is 295 g/mol. The van der Waals surface area contributed by atoms with Crippen molar-refractivity contribution in [1.82, 2.24) is 0 Å². The number of benzene rings is 1. The van der Waals surface area contributed by atoms with Gasteiger partial charge in [-0.15, -0.1) is 0 Å². The molecule has 0 saturated heterocycles. The van der Waals surface area contributed by atoms with Crippen LogP contribution in [0.25, 0.3) is 0 Å². The van der Waals surface area contributed by atoms with Crippen molar-refractivity contribution in [3.8, 4) is 5.75 Å². The van der Waals surface area contributed by atoms with Crippen molar-refractivity contribution < 1.29 is 19.5 Å². The van der Waals surface area contributed by atoms with Crippen LogP contribution in [0.2, 0.25) is 0 Å². The number of amides is 1. The Kier molecular flexibility index (Phi) is 5.54. The van der Waals surface area contributed by atoms with E-state index in [0.29, 0.717) is 17.0 Å². The van der Waals surface area contributed by atoms with E-state index in [-0.39, 0.29) is 18.2 Å². The van der Waals surface area contributed by atoms with Crippen LogP contribution in [0, 0.1) is 0 Å². The Morgan fingerprint density at radius 2 is 2.10 bits per heavy atom. The molecule has 21 heavy (non-hydrogen) atoms. The normalized spacial score (nSPS) is 12.1. The molecule has 1 aromatic carbocycles. The van der Waals surface area contributed by atoms with Gasteiger partial charge >= 0.3 is 0 Å². The number of ether oxygens (including phenoxy) is 2. The summed E-state index contributed by atoms with van der Waals surface area (Å²) in [4.78, 5) is 12.1. The molecule has 0 fully saturated rings. The van der Waals surface area contributed by atoms with Crippen LogP contribution in [0.5, 0.6) is 5.75 Å². The van der Waals surface area contributed by atoms with Crippen molar-refractivity contribution in [1.29, 1.82) is 0 Å². The lowest BCUT2D eigenvalue weighted by Gasteiger charge is -2.22. The minimum atomic E-state index is -0.594. The number of para-hydroxylation sites is 1. The van der Waals surface area contributed by atoms with E-state index in [4.69, 9.17) is 20.4 Å². The van der Waals surface area contributed by atoms with Crippen LogP contribution in [-0.2, 0) is 9.53 Å². The molecule has 0 aliphatic carbocycles. The van der Waals surface area contributed by atoms with Gasteiger partial charge in [-0.05, 0) is 26.0 Å². The Bertz CT molecular complexity index is 541. The van der Waals surface area contributed by atoms with Gasteiger partial charge in [0.2, 0.25) is 5.91 Å². The molecule has 0 aromatic heterocycles. The van der Waals surface area contributed by atoms with Crippen LogP contribution >= 0.6 is 0 Å². The quantitative estimate of drug-likeness (QED) is 0.319. The molecule has 0 heterocycles. The van der Waals surface area contributed by atoms with Gasteiger partial charge in [-0.2, -0.15) is 0 Å². The summed E-state index contributed by atoms with van der Waals surface area (Å²) >= 11 is 0. The number of hydrogen-bond donors (Lipinski definition) is 3. The van der Waals surface area contributed by atoms with Gasteiger partial charge in [0.25, 0.3) is 0 Å². The Hall–Kier alpha value is -2.28. The van der Waals surface area contributed by atoms with Gasteiger partial charge in [0.05, 0.1) is 24.8 Å². The molecule has 0 spiro atoms. The predicted octanol–water partition coefficient (Wildman–Crippen LogP) is 1.54. The highest BCUT2D eigenvalue weighted by Gasteiger charge is 2.23. The molecule has 1 amide bonds. The lowest BCUT2D eigenvalue weighted by Crippen LogP contribution is -2.30. The van der Waals surface area contributed by atoms with Gasteiger partial charge in [0.1, 0.15) is 5.75 Å². The Labute approximate surface area is 123 Å². The molecular formula is C14H21N3O4. The third-order valence-corrected chi connectivity index (χ3v) is 3.03. The van der Waals surface area contributed by atoms with E-state index in [2.05, 4.69) is 10.5 Å². The van der Waals surface area contributed by atoms with Crippen molar-refractivity contribution in [3.63, 3.8) is 0 Å². The fourth-order valence-corrected chi connectivity index (χ4v) is 1.74. The molecule has 7 nitrogen and oxygen atoms in total. The fourth-order valence-electron chi connectivity index (χ4n) is 1.74. The molecule has 0 saturated carbocycles. The number of methoxy groups -OCH3 is 2. The molecule has 0 radical (unpaired) electrons. The van der Waals surface area contributed by atoms with E-state index in [1.807, 2.05) is 0 Å². The first kappa shape index (κ1) is 16.8. The highest BCUT2D eigenvalue weighted by molar-refractivity contribution is 6.07. The first-order chi connectivity index (χ1) is 9.84. The van der Waals surface area contributed by atoms with Gasteiger partial charge in [-0.1, -0.05) is 11.2 Å². The molecular weight excluding hydrogens is 274 g/mol. The standard InChI is InChI=1S/C14H21N3O4/c1-14(2,21-4)8-11(18)16-12-9(13(15)17-19)6-5-7-10(12)20-3/h5-7,19H,8H2,1-4H3,(H2,15,17)(H,16,18). The van der Waals surface area contributed by atoms with Crippen LogP contribution in [0.15, 0.2) is 23.4 Å². The zero-order valence-electron chi connectivity index (χ0n) is 12.6. The van der Waals surface area contributed by atoms with Crippen LogP contribution in [-0.4, -0.2) is 36.8 Å². The average Bonchev–Trinajstić information content (AvgIpc) is 2.46. The zero-order valence-corrected chi connectivity index (χ0v) is 12.6. The van der Waals surface area contributed by atoms with Crippen molar-refractivity contribution >= 4 is 17.4 Å². The predicted molar refractivity (Wildman–Crippen MR) is 79.8 cm³/mol. The molecule has 0 aliphatic rings. The number of oxime groups is 1. The molecule has 116 valence electrons. The summed E-state index contributed by atoms with van der Waals surface area (Å²) in [5.41, 5.74) is 5.75. The molecule has 1 aromatic rings. The Balaban J connectivity index is 3.09. The number of hydrogen-bond acceptors (Lipinski definition) is 5. The van der Waals surface area contributed by atoms with Crippen LogP contribution in [0.1, 0.15) is 25.8 Å². The summed E-state index contributed by atoms with van der Waals surface area (Å²) in [6, 6.07) is 4.97. The number of nitrogens with one attached hydrogen (secondary N) is 1. The molecule has 0 unspecified atom stereocenters. The van der Waals surface area contributed by atoms with Gasteiger partial charge < -0.3 is 25.7 Å². The zero-order chi connectivity index (χ0) is 16.0. The number of carbonyl (C=O) groups excluding carboxylic acids is 1. The lowest BCUT2D eigenvalue weighted by atomic mass is 10.0. The smallest absolute Gasteiger partial charge is 0.227 e. The highest BCUT2D eigenvalue weighted by atomic mass is 16.5. The summed E-state index contributed by atoms with van der Waals surface area (Å²) in [5, 5.41) is 14.5. The number of nitrogens with zero attached hydrogens (tertiary/aromatic N) is 1. The molecule has 4 N–H and O–H groups in total. The molecule has 0 aliphatic heterocycles. The number of carbonyl (C=O) groups is 1. The van der Waals surface area contributed by atoms with Crippen molar-refractivity contribution in [3.05, 3.63) is 23.8 Å². The summed E-state index contributed by atoms with van der Waals surface area (Å²) in [6.45, 7) is 3.61. The molecule has 0 atom stereocenters. The summed E-state index contributed by atoms with van der Waals surface area (Å²) in [7, 11) is 3.01.